The van der Waals surface area contributed by atoms with Crippen LogP contribution in [0.5, 0.6) is 0 Å². The summed E-state index contributed by atoms with van der Waals surface area (Å²) in [6.07, 6.45) is 4.41. The fourth-order valence-electron chi connectivity index (χ4n) is 2.57. The molecule has 2 heterocycles. The van der Waals surface area contributed by atoms with Crippen LogP contribution in [0.25, 0.3) is 10.9 Å². The molecule has 0 aliphatic carbocycles. The zero-order valence-electron chi connectivity index (χ0n) is 13.3. The van der Waals surface area contributed by atoms with Gasteiger partial charge < -0.3 is 4.98 Å². The lowest BCUT2D eigenvalue weighted by Gasteiger charge is -2.09. The van der Waals surface area contributed by atoms with Crippen molar-refractivity contribution in [3.63, 3.8) is 0 Å². The Morgan fingerprint density at radius 3 is 2.88 bits per heavy atom. The number of nitrogens with zero attached hydrogens (tertiary/aromatic N) is 4. The number of rotatable bonds is 5. The molecule has 3 aromatic rings. The molecule has 9 heteroatoms. The quantitative estimate of drug-likeness (QED) is 0.726. The molecule has 0 saturated heterocycles. The van der Waals surface area contributed by atoms with Crippen LogP contribution in [0, 0.1) is 29.6 Å². The van der Waals surface area contributed by atoms with E-state index in [1.165, 1.54) is 17.1 Å². The Morgan fingerprint density at radius 2 is 2.16 bits per heavy atom. The molecule has 126 valence electrons. The Balaban J connectivity index is 1.97. The summed E-state index contributed by atoms with van der Waals surface area (Å²) in [4.78, 5) is 2.96. The van der Waals surface area contributed by atoms with E-state index in [0.717, 1.165) is 5.56 Å². The van der Waals surface area contributed by atoms with Crippen LogP contribution in [0.4, 0.5) is 5.69 Å². The van der Waals surface area contributed by atoms with E-state index < -0.39 is 10.0 Å². The molecule has 0 bridgehead atoms. The first-order chi connectivity index (χ1) is 12.0. The van der Waals surface area contributed by atoms with Crippen molar-refractivity contribution in [3.05, 3.63) is 41.9 Å². The minimum atomic E-state index is -3.84. The van der Waals surface area contributed by atoms with E-state index in [0.29, 0.717) is 28.7 Å². The molecule has 0 unspecified atom stereocenters. The van der Waals surface area contributed by atoms with Crippen LogP contribution in [0.1, 0.15) is 17.5 Å². The molecule has 0 aliphatic heterocycles. The zero-order valence-corrected chi connectivity index (χ0v) is 14.1. The van der Waals surface area contributed by atoms with Gasteiger partial charge in [-0.1, -0.05) is 6.07 Å². The molecule has 0 fully saturated rings. The van der Waals surface area contributed by atoms with Gasteiger partial charge >= 0.3 is 0 Å². The normalized spacial score (nSPS) is 11.2. The van der Waals surface area contributed by atoms with Crippen LogP contribution < -0.4 is 4.72 Å². The predicted octanol–water partition coefficient (Wildman–Crippen LogP) is 2.26. The largest absolute Gasteiger partial charge is 0.358 e. The highest BCUT2D eigenvalue weighted by atomic mass is 32.2. The number of aryl methyl sites for hydroxylation is 2. The second-order valence-corrected chi connectivity index (χ2v) is 7.13. The maximum absolute atomic E-state index is 12.6. The first kappa shape index (κ1) is 16.6. The predicted molar refractivity (Wildman–Crippen MR) is 91.0 cm³/mol. The fourth-order valence-corrected chi connectivity index (χ4v) is 3.59. The maximum Gasteiger partial charge on any atom is 0.265 e. The van der Waals surface area contributed by atoms with Crippen LogP contribution in [0.2, 0.25) is 0 Å². The van der Waals surface area contributed by atoms with Crippen molar-refractivity contribution in [1.82, 2.24) is 14.8 Å². The van der Waals surface area contributed by atoms with E-state index >= 15 is 0 Å². The number of anilines is 1. The van der Waals surface area contributed by atoms with Gasteiger partial charge in [0, 0.05) is 17.8 Å². The summed E-state index contributed by atoms with van der Waals surface area (Å²) in [5.74, 6) is 0. The molecule has 1 aromatic carbocycles. The Bertz CT molecular complexity index is 1130. The summed E-state index contributed by atoms with van der Waals surface area (Å²) in [6, 6.07) is 7.47. The smallest absolute Gasteiger partial charge is 0.265 e. The standard InChI is InChI=1S/C16H14N6O2S/c1-11-3-4-14(16-15(11)12(7-18)8-19-16)21-25(23,24)13-9-20-22(10-13)6-2-5-17/h3-4,8-10,19,21H,2,6H2,1H3. The molecule has 8 nitrogen and oxygen atoms in total. The van der Waals surface area contributed by atoms with Crippen molar-refractivity contribution in [3.8, 4) is 12.1 Å². The third-order valence-corrected chi connectivity index (χ3v) is 5.10. The SMILES string of the molecule is Cc1ccc(NS(=O)(=O)c2cnn(CCC#N)c2)c2[nH]cc(C#N)c12. The van der Waals surface area contributed by atoms with Crippen molar-refractivity contribution < 1.29 is 8.42 Å². The lowest BCUT2D eigenvalue weighted by Crippen LogP contribution is -2.12. The van der Waals surface area contributed by atoms with Crippen molar-refractivity contribution in [1.29, 1.82) is 10.5 Å². The number of H-pyrrole nitrogens is 1. The molecule has 2 N–H and O–H groups in total. The molecule has 0 spiro atoms. The van der Waals surface area contributed by atoms with Gasteiger partial charge in [-0.05, 0) is 18.6 Å². The van der Waals surface area contributed by atoms with Gasteiger partial charge in [-0.25, -0.2) is 8.42 Å². The summed E-state index contributed by atoms with van der Waals surface area (Å²) in [6.45, 7) is 2.18. The van der Waals surface area contributed by atoms with E-state index in [9.17, 15) is 13.7 Å². The maximum atomic E-state index is 12.6. The van der Waals surface area contributed by atoms with Crippen LogP contribution >= 0.6 is 0 Å². The summed E-state index contributed by atoms with van der Waals surface area (Å²) >= 11 is 0. The number of fused-ring (bicyclic) bond motifs is 1. The Hall–Kier alpha value is -3.30. The van der Waals surface area contributed by atoms with Gasteiger partial charge in [-0.3, -0.25) is 9.40 Å². The molecule has 2 aromatic heterocycles. The zero-order chi connectivity index (χ0) is 18.0. The molecule has 0 atom stereocenters. The second kappa shape index (κ2) is 6.30. The minimum absolute atomic E-state index is 0.00577. The summed E-state index contributed by atoms with van der Waals surface area (Å²) in [7, 11) is -3.84. The number of aromatic nitrogens is 3. The van der Waals surface area contributed by atoms with Gasteiger partial charge in [-0.15, -0.1) is 0 Å². The molecule has 0 aliphatic rings. The lowest BCUT2D eigenvalue weighted by molar-refractivity contribution is 0.599. The average Bonchev–Trinajstić information content (AvgIpc) is 3.23. The van der Waals surface area contributed by atoms with E-state index in [1.54, 1.807) is 18.3 Å². The molecule has 25 heavy (non-hydrogen) atoms. The second-order valence-electron chi connectivity index (χ2n) is 5.45. The molecular formula is C16H14N6O2S. The number of benzene rings is 1. The Kier molecular flexibility index (Phi) is 4.17. The Labute approximate surface area is 144 Å². The number of hydrogen-bond acceptors (Lipinski definition) is 5. The van der Waals surface area contributed by atoms with Crippen LogP contribution in [0.3, 0.4) is 0 Å². The van der Waals surface area contributed by atoms with Gasteiger partial charge in [0.15, 0.2) is 0 Å². The summed E-state index contributed by atoms with van der Waals surface area (Å²) in [5.41, 5.74) is 2.24. The average molecular weight is 354 g/mol. The highest BCUT2D eigenvalue weighted by molar-refractivity contribution is 7.92. The highest BCUT2D eigenvalue weighted by Gasteiger charge is 2.19. The minimum Gasteiger partial charge on any atom is -0.358 e. The van der Waals surface area contributed by atoms with Crippen molar-refractivity contribution in [2.75, 3.05) is 4.72 Å². The topological polar surface area (TPSA) is 127 Å². The summed E-state index contributed by atoms with van der Waals surface area (Å²) in [5, 5.41) is 22.4. The first-order valence-corrected chi connectivity index (χ1v) is 8.87. The van der Waals surface area contributed by atoms with Gasteiger partial charge in [0.1, 0.15) is 11.0 Å². The molecule has 0 radical (unpaired) electrons. The molecule has 0 saturated carbocycles. The van der Waals surface area contributed by atoms with Crippen molar-refractivity contribution in [2.45, 2.75) is 24.8 Å². The van der Waals surface area contributed by atoms with Gasteiger partial charge in [0.25, 0.3) is 10.0 Å². The number of sulfonamides is 1. The summed E-state index contributed by atoms with van der Waals surface area (Å²) < 4.78 is 29.1. The number of aromatic amines is 1. The highest BCUT2D eigenvalue weighted by Crippen LogP contribution is 2.29. The number of hydrogen-bond donors (Lipinski definition) is 2. The van der Waals surface area contributed by atoms with E-state index in [1.807, 2.05) is 13.0 Å². The van der Waals surface area contributed by atoms with Gasteiger partial charge in [0.05, 0.1) is 42.0 Å². The van der Waals surface area contributed by atoms with Crippen molar-refractivity contribution in [2.24, 2.45) is 0 Å². The number of nitriles is 2. The van der Waals surface area contributed by atoms with E-state index in [2.05, 4.69) is 20.9 Å². The third kappa shape index (κ3) is 3.05. The van der Waals surface area contributed by atoms with Gasteiger partial charge in [-0.2, -0.15) is 15.6 Å². The van der Waals surface area contributed by atoms with Crippen LogP contribution in [-0.2, 0) is 16.6 Å². The lowest BCUT2D eigenvalue weighted by atomic mass is 10.1. The van der Waals surface area contributed by atoms with Crippen LogP contribution in [0.15, 0.2) is 35.6 Å². The van der Waals surface area contributed by atoms with Crippen LogP contribution in [-0.4, -0.2) is 23.2 Å². The molecule has 3 rings (SSSR count). The monoisotopic (exact) mass is 354 g/mol. The third-order valence-electron chi connectivity index (χ3n) is 3.78. The van der Waals surface area contributed by atoms with E-state index in [4.69, 9.17) is 5.26 Å². The Morgan fingerprint density at radius 1 is 1.36 bits per heavy atom. The van der Waals surface area contributed by atoms with E-state index in [-0.39, 0.29) is 11.3 Å². The molecular weight excluding hydrogens is 340 g/mol. The first-order valence-electron chi connectivity index (χ1n) is 7.39. The number of nitrogens with one attached hydrogen (secondary N) is 2. The fraction of sp³-hybridized carbons (Fsp3) is 0.188. The van der Waals surface area contributed by atoms with Crippen molar-refractivity contribution >= 4 is 26.6 Å². The van der Waals surface area contributed by atoms with Gasteiger partial charge in [0.2, 0.25) is 0 Å². The molecule has 0 amide bonds.